The Hall–Kier alpha value is -3.80. The van der Waals surface area contributed by atoms with E-state index in [0.29, 0.717) is 42.4 Å². The van der Waals surface area contributed by atoms with Crippen molar-refractivity contribution >= 4 is 11.4 Å². The van der Waals surface area contributed by atoms with Gasteiger partial charge in [0.05, 0.1) is 16.2 Å². The minimum atomic E-state index is -0.543. The minimum Gasteiger partial charge on any atom is -0.384 e. The number of halogens is 1. The molecular weight excluding hydrogens is 353 g/mol. The Labute approximate surface area is 153 Å². The van der Waals surface area contributed by atoms with Gasteiger partial charge in [-0.05, 0) is 36.8 Å². The number of nitro groups is 1. The van der Waals surface area contributed by atoms with Crippen LogP contribution in [0.4, 0.5) is 15.8 Å². The summed E-state index contributed by atoms with van der Waals surface area (Å²) < 4.78 is 18.1. The molecule has 9 heteroatoms. The molecule has 1 heterocycles. The van der Waals surface area contributed by atoms with Crippen molar-refractivity contribution in [1.82, 2.24) is 10.1 Å². The Morgan fingerprint density at radius 2 is 2.04 bits per heavy atom. The maximum absolute atomic E-state index is 12.9. The van der Waals surface area contributed by atoms with Gasteiger partial charge in [-0.1, -0.05) is 5.16 Å². The summed E-state index contributed by atoms with van der Waals surface area (Å²) in [5, 5.41) is 26.8. The van der Waals surface area contributed by atoms with Gasteiger partial charge in [0.2, 0.25) is 11.7 Å². The normalized spacial score (nSPS) is 10.4. The quantitative estimate of drug-likeness (QED) is 0.384. The van der Waals surface area contributed by atoms with Gasteiger partial charge >= 0.3 is 0 Å². The third-order valence-corrected chi connectivity index (χ3v) is 3.79. The summed E-state index contributed by atoms with van der Waals surface area (Å²) in [5.74, 6) is 0.497. The van der Waals surface area contributed by atoms with Crippen molar-refractivity contribution in [2.75, 3.05) is 11.9 Å². The molecule has 0 saturated carbocycles. The summed E-state index contributed by atoms with van der Waals surface area (Å²) in [7, 11) is 0. The van der Waals surface area contributed by atoms with Crippen LogP contribution in [0.3, 0.4) is 0 Å². The summed E-state index contributed by atoms with van der Waals surface area (Å²) in [5.41, 5.74) is 1.27. The number of aromatic nitrogens is 2. The largest absolute Gasteiger partial charge is 0.384 e. The summed E-state index contributed by atoms with van der Waals surface area (Å²) >= 11 is 0. The molecular formula is C18H14FN5O3. The van der Waals surface area contributed by atoms with Gasteiger partial charge in [-0.25, -0.2) is 4.39 Å². The average Bonchev–Trinajstić information content (AvgIpc) is 3.14. The fourth-order valence-electron chi connectivity index (χ4n) is 2.43. The first-order chi connectivity index (χ1) is 13.1. The Balaban J connectivity index is 1.54. The van der Waals surface area contributed by atoms with E-state index in [9.17, 15) is 14.5 Å². The SMILES string of the molecule is N#Cc1cc([N+](=O)[O-])ccc1NCCCc1nc(-c2ccc(F)cc2)no1. The zero-order valence-electron chi connectivity index (χ0n) is 14.1. The van der Waals surface area contributed by atoms with Gasteiger partial charge in [0, 0.05) is 30.7 Å². The number of hydrogen-bond acceptors (Lipinski definition) is 7. The molecule has 0 saturated heterocycles. The highest BCUT2D eigenvalue weighted by molar-refractivity contribution is 5.61. The van der Waals surface area contributed by atoms with Crippen LogP contribution in [0.1, 0.15) is 17.9 Å². The third-order valence-electron chi connectivity index (χ3n) is 3.79. The molecule has 0 radical (unpaired) electrons. The van der Waals surface area contributed by atoms with Gasteiger partial charge in [0.15, 0.2) is 0 Å². The molecule has 3 aromatic rings. The highest BCUT2D eigenvalue weighted by Crippen LogP contribution is 2.21. The first kappa shape index (κ1) is 18.0. The van der Waals surface area contributed by atoms with Crippen molar-refractivity contribution in [3.63, 3.8) is 0 Å². The van der Waals surface area contributed by atoms with Crippen LogP contribution < -0.4 is 5.32 Å². The number of nitriles is 1. The number of hydrogen-bond donors (Lipinski definition) is 1. The maximum Gasteiger partial charge on any atom is 0.270 e. The first-order valence-electron chi connectivity index (χ1n) is 8.08. The van der Waals surface area contributed by atoms with E-state index in [-0.39, 0.29) is 17.1 Å². The third kappa shape index (κ3) is 4.43. The number of rotatable bonds is 7. The van der Waals surface area contributed by atoms with Gasteiger partial charge < -0.3 is 9.84 Å². The van der Waals surface area contributed by atoms with E-state index in [0.717, 1.165) is 0 Å². The van der Waals surface area contributed by atoms with Crippen molar-refractivity contribution in [3.8, 4) is 17.5 Å². The van der Waals surface area contributed by atoms with Gasteiger partial charge in [-0.15, -0.1) is 0 Å². The van der Waals surface area contributed by atoms with E-state index in [4.69, 9.17) is 9.78 Å². The molecule has 0 aliphatic carbocycles. The fraction of sp³-hybridized carbons (Fsp3) is 0.167. The highest BCUT2D eigenvalue weighted by Gasteiger charge is 2.11. The molecule has 136 valence electrons. The van der Waals surface area contributed by atoms with Crippen LogP contribution in [0.2, 0.25) is 0 Å². The van der Waals surface area contributed by atoms with Gasteiger partial charge in [0.25, 0.3) is 5.69 Å². The summed E-state index contributed by atoms with van der Waals surface area (Å²) in [6.07, 6.45) is 1.16. The fourth-order valence-corrected chi connectivity index (χ4v) is 2.43. The second-order valence-corrected chi connectivity index (χ2v) is 5.65. The van der Waals surface area contributed by atoms with Crippen LogP contribution in [-0.2, 0) is 6.42 Å². The van der Waals surface area contributed by atoms with Crippen LogP contribution >= 0.6 is 0 Å². The molecule has 27 heavy (non-hydrogen) atoms. The number of benzene rings is 2. The molecule has 0 amide bonds. The lowest BCUT2D eigenvalue weighted by molar-refractivity contribution is -0.384. The van der Waals surface area contributed by atoms with Crippen molar-refractivity contribution in [3.05, 3.63) is 69.9 Å². The van der Waals surface area contributed by atoms with Gasteiger partial charge in [0.1, 0.15) is 11.9 Å². The molecule has 8 nitrogen and oxygen atoms in total. The molecule has 1 N–H and O–H groups in total. The van der Waals surface area contributed by atoms with Crippen molar-refractivity contribution in [2.45, 2.75) is 12.8 Å². The van der Waals surface area contributed by atoms with Gasteiger partial charge in [-0.2, -0.15) is 10.2 Å². The minimum absolute atomic E-state index is 0.128. The van der Waals surface area contributed by atoms with Crippen LogP contribution in [0, 0.1) is 27.3 Å². The zero-order chi connectivity index (χ0) is 19.2. The first-order valence-corrected chi connectivity index (χ1v) is 8.08. The van der Waals surface area contributed by atoms with Crippen LogP contribution in [0.25, 0.3) is 11.4 Å². The standard InChI is InChI=1S/C18H14FN5O3/c19-14-5-3-12(4-6-14)18-22-17(27-23-18)2-1-9-21-16-8-7-15(24(25)26)10-13(16)11-20/h3-8,10,21H,1-2,9H2. The van der Waals surface area contributed by atoms with E-state index >= 15 is 0 Å². The van der Waals surface area contributed by atoms with Crippen molar-refractivity contribution < 1.29 is 13.8 Å². The Bertz CT molecular complexity index is 995. The highest BCUT2D eigenvalue weighted by atomic mass is 19.1. The molecule has 0 aliphatic heterocycles. The second kappa shape index (κ2) is 8.05. The topological polar surface area (TPSA) is 118 Å². The Kier molecular flexibility index (Phi) is 5.37. The van der Waals surface area contributed by atoms with E-state index in [1.807, 2.05) is 6.07 Å². The van der Waals surface area contributed by atoms with E-state index in [1.54, 1.807) is 12.1 Å². The molecule has 0 spiro atoms. The molecule has 1 aromatic heterocycles. The Morgan fingerprint density at radius 3 is 2.74 bits per heavy atom. The average molecular weight is 367 g/mol. The number of nitrogens with one attached hydrogen (secondary N) is 1. The predicted octanol–water partition coefficient (Wildman–Crippen LogP) is 3.70. The summed E-state index contributed by atoms with van der Waals surface area (Å²) in [6, 6.07) is 11.8. The van der Waals surface area contributed by atoms with Gasteiger partial charge in [-0.3, -0.25) is 10.1 Å². The monoisotopic (exact) mass is 367 g/mol. The number of non-ortho nitro benzene ring substituents is 1. The van der Waals surface area contributed by atoms with Crippen LogP contribution in [0.5, 0.6) is 0 Å². The molecule has 0 aliphatic rings. The number of nitrogens with zero attached hydrogens (tertiary/aromatic N) is 4. The maximum atomic E-state index is 12.9. The van der Waals surface area contributed by atoms with E-state index in [1.165, 1.54) is 30.3 Å². The molecule has 0 atom stereocenters. The molecule has 2 aromatic carbocycles. The van der Waals surface area contributed by atoms with Crippen LogP contribution in [0.15, 0.2) is 47.0 Å². The molecule has 0 fully saturated rings. The van der Waals surface area contributed by atoms with Crippen LogP contribution in [-0.4, -0.2) is 21.6 Å². The predicted molar refractivity (Wildman–Crippen MR) is 94.3 cm³/mol. The molecule has 3 rings (SSSR count). The summed E-state index contributed by atoms with van der Waals surface area (Å²) in [4.78, 5) is 14.5. The van der Waals surface area contributed by atoms with Crippen molar-refractivity contribution in [1.29, 1.82) is 5.26 Å². The number of aryl methyl sites for hydroxylation is 1. The lowest BCUT2D eigenvalue weighted by Crippen LogP contribution is -2.05. The number of nitro benzene ring substituents is 1. The molecule has 0 bridgehead atoms. The second-order valence-electron chi connectivity index (χ2n) is 5.65. The lowest BCUT2D eigenvalue weighted by Gasteiger charge is -2.07. The smallest absolute Gasteiger partial charge is 0.270 e. The molecule has 0 unspecified atom stereocenters. The Morgan fingerprint density at radius 1 is 1.26 bits per heavy atom. The van der Waals surface area contributed by atoms with E-state index in [2.05, 4.69) is 15.5 Å². The van der Waals surface area contributed by atoms with Crippen molar-refractivity contribution in [2.24, 2.45) is 0 Å². The lowest BCUT2D eigenvalue weighted by atomic mass is 10.1. The summed E-state index contributed by atoms with van der Waals surface area (Å²) in [6.45, 7) is 0.515. The van der Waals surface area contributed by atoms with E-state index < -0.39 is 4.92 Å². The number of anilines is 1. The zero-order valence-corrected chi connectivity index (χ0v) is 14.1.